The molecular formula is C5H6ClIO3. The summed E-state index contributed by atoms with van der Waals surface area (Å²) in [7, 11) is 0. The number of rotatable bonds is 3. The summed E-state index contributed by atoms with van der Waals surface area (Å²) in [4.78, 5) is 21.0. The molecule has 0 aliphatic rings. The van der Waals surface area contributed by atoms with Crippen LogP contribution in [0.3, 0.4) is 0 Å². The zero-order chi connectivity index (χ0) is 8.15. The van der Waals surface area contributed by atoms with E-state index >= 15 is 0 Å². The standard InChI is InChI=1S/C5H6ClIO3/c1-2-10-5(9)3(6)4(7)8/h3H,2H2,1H3. The van der Waals surface area contributed by atoms with Gasteiger partial charge in [-0.2, -0.15) is 0 Å². The molecule has 3 nitrogen and oxygen atoms in total. The zero-order valence-corrected chi connectivity index (χ0v) is 8.18. The van der Waals surface area contributed by atoms with E-state index in [2.05, 4.69) is 4.74 Å². The molecule has 1 atom stereocenters. The minimum absolute atomic E-state index is 0.242. The maximum absolute atomic E-state index is 10.6. The molecule has 0 fully saturated rings. The van der Waals surface area contributed by atoms with Gasteiger partial charge in [0.2, 0.25) is 3.79 Å². The summed E-state index contributed by atoms with van der Waals surface area (Å²) in [6.45, 7) is 1.89. The molecule has 5 heteroatoms. The van der Waals surface area contributed by atoms with Crippen LogP contribution in [0.15, 0.2) is 0 Å². The van der Waals surface area contributed by atoms with E-state index < -0.39 is 15.1 Å². The molecular weight excluding hydrogens is 270 g/mol. The fourth-order valence-corrected chi connectivity index (χ4v) is 0.625. The molecule has 10 heavy (non-hydrogen) atoms. The van der Waals surface area contributed by atoms with Crippen LogP contribution in [-0.2, 0) is 14.3 Å². The molecule has 1 unspecified atom stereocenters. The van der Waals surface area contributed by atoms with Gasteiger partial charge in [0.25, 0.3) is 0 Å². The van der Waals surface area contributed by atoms with Gasteiger partial charge in [0.15, 0.2) is 5.38 Å². The third kappa shape index (κ3) is 3.36. The van der Waals surface area contributed by atoms with Crippen LogP contribution in [0.5, 0.6) is 0 Å². The molecule has 0 amide bonds. The molecule has 0 bridgehead atoms. The monoisotopic (exact) mass is 276 g/mol. The van der Waals surface area contributed by atoms with E-state index in [0.29, 0.717) is 0 Å². The Labute approximate surface area is 77.2 Å². The minimum Gasteiger partial charge on any atom is -0.465 e. The molecule has 0 saturated carbocycles. The van der Waals surface area contributed by atoms with Crippen LogP contribution in [0, 0.1) is 0 Å². The van der Waals surface area contributed by atoms with Crippen LogP contribution in [0.4, 0.5) is 0 Å². The first-order chi connectivity index (χ1) is 4.59. The van der Waals surface area contributed by atoms with Gasteiger partial charge in [0.05, 0.1) is 6.61 Å². The maximum atomic E-state index is 10.6. The van der Waals surface area contributed by atoms with Gasteiger partial charge in [0.1, 0.15) is 0 Å². The van der Waals surface area contributed by atoms with Gasteiger partial charge in [-0.3, -0.25) is 4.79 Å². The predicted molar refractivity (Wildman–Crippen MR) is 45.3 cm³/mol. The number of hydrogen-bond donors (Lipinski definition) is 0. The van der Waals surface area contributed by atoms with E-state index in [1.54, 1.807) is 6.92 Å². The molecule has 0 saturated heterocycles. The summed E-state index contributed by atoms with van der Waals surface area (Å²) in [5.41, 5.74) is 0. The number of ether oxygens (including phenoxy) is 1. The van der Waals surface area contributed by atoms with Crippen LogP contribution >= 0.6 is 34.2 Å². The Morgan fingerprint density at radius 2 is 2.20 bits per heavy atom. The molecule has 0 aliphatic heterocycles. The van der Waals surface area contributed by atoms with E-state index in [1.807, 2.05) is 0 Å². The Balaban J connectivity index is 3.82. The lowest BCUT2D eigenvalue weighted by Gasteiger charge is -2.02. The molecule has 0 spiro atoms. The van der Waals surface area contributed by atoms with Crippen molar-refractivity contribution in [2.24, 2.45) is 0 Å². The van der Waals surface area contributed by atoms with E-state index in [1.165, 1.54) is 22.6 Å². The lowest BCUT2D eigenvalue weighted by molar-refractivity contribution is -0.143. The first kappa shape index (κ1) is 10.2. The van der Waals surface area contributed by atoms with Crippen molar-refractivity contribution in [1.29, 1.82) is 0 Å². The molecule has 0 heterocycles. The summed E-state index contributed by atoms with van der Waals surface area (Å²) in [6.07, 6.45) is 0. The number of carbonyl (C=O) groups is 2. The van der Waals surface area contributed by atoms with Crippen molar-refractivity contribution in [1.82, 2.24) is 0 Å². The Kier molecular flexibility index (Phi) is 4.98. The van der Waals surface area contributed by atoms with Crippen molar-refractivity contribution in [2.75, 3.05) is 6.61 Å². The smallest absolute Gasteiger partial charge is 0.332 e. The van der Waals surface area contributed by atoms with Crippen LogP contribution in [0.2, 0.25) is 0 Å². The molecule has 0 radical (unpaired) electrons. The topological polar surface area (TPSA) is 43.4 Å². The van der Waals surface area contributed by atoms with Crippen LogP contribution < -0.4 is 0 Å². The lowest BCUT2D eigenvalue weighted by Crippen LogP contribution is -2.22. The predicted octanol–water partition coefficient (Wildman–Crippen LogP) is 1.12. The summed E-state index contributed by atoms with van der Waals surface area (Å²) < 4.78 is 4.05. The number of esters is 1. The molecule has 0 aromatic rings. The van der Waals surface area contributed by atoms with Crippen LogP contribution in [0.25, 0.3) is 0 Å². The van der Waals surface area contributed by atoms with Gasteiger partial charge in [-0.05, 0) is 6.92 Å². The molecule has 0 N–H and O–H groups in total. The summed E-state index contributed by atoms with van der Waals surface area (Å²) in [5.74, 6) is -0.677. The Morgan fingerprint density at radius 3 is 2.50 bits per heavy atom. The third-order valence-electron chi connectivity index (χ3n) is 0.693. The van der Waals surface area contributed by atoms with E-state index in [4.69, 9.17) is 11.6 Å². The van der Waals surface area contributed by atoms with E-state index in [0.717, 1.165) is 0 Å². The Morgan fingerprint density at radius 1 is 1.70 bits per heavy atom. The van der Waals surface area contributed by atoms with Gasteiger partial charge in [-0.15, -0.1) is 11.6 Å². The van der Waals surface area contributed by atoms with Crippen LogP contribution in [0.1, 0.15) is 6.92 Å². The van der Waals surface area contributed by atoms with Crippen LogP contribution in [-0.4, -0.2) is 21.7 Å². The number of halogens is 2. The van der Waals surface area contributed by atoms with E-state index in [9.17, 15) is 9.59 Å². The second-order valence-corrected chi connectivity index (χ2v) is 2.92. The molecule has 0 aromatic carbocycles. The Bertz CT molecular complexity index is 148. The number of alkyl halides is 1. The normalized spacial score (nSPS) is 12.3. The van der Waals surface area contributed by atoms with Crippen molar-refractivity contribution >= 4 is 44.0 Å². The Hall–Kier alpha value is 0.160. The minimum atomic E-state index is -1.15. The fraction of sp³-hybridized carbons (Fsp3) is 0.600. The highest BCUT2D eigenvalue weighted by atomic mass is 127. The highest BCUT2D eigenvalue weighted by Crippen LogP contribution is 2.05. The fourth-order valence-electron chi connectivity index (χ4n) is 0.308. The van der Waals surface area contributed by atoms with Crippen molar-refractivity contribution in [2.45, 2.75) is 12.3 Å². The van der Waals surface area contributed by atoms with Gasteiger partial charge < -0.3 is 4.74 Å². The summed E-state index contributed by atoms with van der Waals surface area (Å²) in [6, 6.07) is 0. The highest BCUT2D eigenvalue weighted by molar-refractivity contribution is 14.1. The molecule has 0 aromatic heterocycles. The van der Waals surface area contributed by atoms with Crippen molar-refractivity contribution in [3.05, 3.63) is 0 Å². The SMILES string of the molecule is CCOC(=O)C(Cl)C(=O)I. The van der Waals surface area contributed by atoms with Gasteiger partial charge >= 0.3 is 5.97 Å². The average molecular weight is 276 g/mol. The first-order valence-corrected chi connectivity index (χ1v) is 4.11. The number of carbonyl (C=O) groups excluding carboxylic acids is 2. The van der Waals surface area contributed by atoms with Gasteiger partial charge in [-0.25, -0.2) is 4.79 Å². The lowest BCUT2D eigenvalue weighted by atomic mass is 10.5. The van der Waals surface area contributed by atoms with E-state index in [-0.39, 0.29) is 6.61 Å². The molecule has 0 rings (SSSR count). The quantitative estimate of drug-likeness (QED) is 0.255. The maximum Gasteiger partial charge on any atom is 0.332 e. The van der Waals surface area contributed by atoms with Crippen molar-refractivity contribution < 1.29 is 14.3 Å². The summed E-state index contributed by atoms with van der Waals surface area (Å²) >= 11 is 6.77. The number of hydrogen-bond acceptors (Lipinski definition) is 3. The zero-order valence-electron chi connectivity index (χ0n) is 5.27. The van der Waals surface area contributed by atoms with Gasteiger partial charge in [-0.1, -0.05) is 0 Å². The average Bonchev–Trinajstić information content (AvgIpc) is 1.87. The second kappa shape index (κ2) is 4.90. The largest absolute Gasteiger partial charge is 0.465 e. The van der Waals surface area contributed by atoms with Crippen molar-refractivity contribution in [3.63, 3.8) is 0 Å². The summed E-state index contributed by atoms with van der Waals surface area (Å²) in [5, 5.41) is -1.15. The molecule has 58 valence electrons. The van der Waals surface area contributed by atoms with Gasteiger partial charge in [0, 0.05) is 22.6 Å². The molecule has 0 aliphatic carbocycles. The second-order valence-electron chi connectivity index (χ2n) is 1.42. The first-order valence-electron chi connectivity index (χ1n) is 2.59. The third-order valence-corrected chi connectivity index (χ3v) is 2.06. The highest BCUT2D eigenvalue weighted by Gasteiger charge is 2.22. The van der Waals surface area contributed by atoms with Crippen molar-refractivity contribution in [3.8, 4) is 0 Å².